The number of hydrogen-bond donors (Lipinski definition) is 1. The van der Waals surface area contributed by atoms with Crippen LogP contribution in [0.3, 0.4) is 0 Å². The number of aliphatic hydroxyl groups excluding tert-OH is 1. The minimum Gasteiger partial charge on any atom is -0.457 e. The van der Waals surface area contributed by atoms with Crippen LogP contribution >= 0.6 is 15.9 Å². The number of furan rings is 1. The van der Waals surface area contributed by atoms with Gasteiger partial charge in [0.05, 0.1) is 24.6 Å². The molecule has 0 amide bonds. The number of hydrogen-bond acceptors (Lipinski definition) is 4. The molecule has 3 atom stereocenters. The van der Waals surface area contributed by atoms with Crippen LogP contribution in [0, 0.1) is 5.92 Å². The van der Waals surface area contributed by atoms with E-state index in [1.54, 1.807) is 6.26 Å². The summed E-state index contributed by atoms with van der Waals surface area (Å²) >= 11 is 3.33. The lowest BCUT2D eigenvalue weighted by molar-refractivity contribution is -0.117. The molecule has 3 heterocycles. The molecule has 0 saturated carbocycles. The monoisotopic (exact) mass is 316 g/mol. The van der Waals surface area contributed by atoms with Crippen molar-refractivity contribution in [1.82, 2.24) is 0 Å². The van der Waals surface area contributed by atoms with Gasteiger partial charge in [-0.15, -0.1) is 0 Å². The maximum absolute atomic E-state index is 10.5. The van der Waals surface area contributed by atoms with Gasteiger partial charge in [0.25, 0.3) is 0 Å². The van der Waals surface area contributed by atoms with Crippen LogP contribution in [0.1, 0.15) is 30.9 Å². The molecule has 1 spiro atoms. The van der Waals surface area contributed by atoms with Crippen LogP contribution in [0.4, 0.5) is 0 Å². The van der Waals surface area contributed by atoms with E-state index in [4.69, 9.17) is 13.9 Å². The van der Waals surface area contributed by atoms with Crippen molar-refractivity contribution in [3.63, 3.8) is 0 Å². The lowest BCUT2D eigenvalue weighted by atomic mass is 9.81. The molecule has 1 aromatic heterocycles. The molecular formula is C13H17BrO4. The molecular weight excluding hydrogens is 300 g/mol. The van der Waals surface area contributed by atoms with Crippen molar-refractivity contribution in [2.45, 2.75) is 31.0 Å². The fourth-order valence-electron chi connectivity index (χ4n) is 2.97. The van der Waals surface area contributed by atoms with Gasteiger partial charge in [-0.1, -0.05) is 0 Å². The van der Waals surface area contributed by atoms with Crippen molar-refractivity contribution < 1.29 is 19.0 Å². The first-order valence-corrected chi connectivity index (χ1v) is 7.12. The van der Waals surface area contributed by atoms with Gasteiger partial charge in [-0.25, -0.2) is 0 Å². The number of aliphatic hydroxyl groups is 1. The van der Waals surface area contributed by atoms with Crippen molar-refractivity contribution >= 4 is 15.9 Å². The smallest absolute Gasteiger partial charge is 0.174 e. The first kappa shape index (κ1) is 12.7. The molecule has 0 aromatic carbocycles. The summed E-state index contributed by atoms with van der Waals surface area (Å²) in [5.41, 5.74) is 0.663. The van der Waals surface area contributed by atoms with Gasteiger partial charge in [-0.3, -0.25) is 0 Å². The van der Waals surface area contributed by atoms with Crippen LogP contribution in [-0.4, -0.2) is 30.5 Å². The standard InChI is InChI=1S/C13H17BrO4/c14-12-10(2-4-17-12)11(15)9-1-5-18-13(7-9)3-6-16-8-13/h2,4,9,11,15H,1,3,5-8H2. The van der Waals surface area contributed by atoms with Crippen LogP contribution in [0.15, 0.2) is 21.4 Å². The maximum Gasteiger partial charge on any atom is 0.174 e. The summed E-state index contributed by atoms with van der Waals surface area (Å²) in [6.45, 7) is 2.11. The molecule has 1 aromatic rings. The normalized spacial score (nSPS) is 34.0. The van der Waals surface area contributed by atoms with E-state index in [0.29, 0.717) is 17.9 Å². The second-order valence-electron chi connectivity index (χ2n) is 5.18. The largest absolute Gasteiger partial charge is 0.457 e. The molecule has 3 unspecified atom stereocenters. The highest BCUT2D eigenvalue weighted by atomic mass is 79.9. The Morgan fingerprint density at radius 2 is 2.33 bits per heavy atom. The fourth-order valence-corrected chi connectivity index (χ4v) is 3.44. The Morgan fingerprint density at radius 1 is 1.44 bits per heavy atom. The van der Waals surface area contributed by atoms with E-state index < -0.39 is 6.10 Å². The third-order valence-corrected chi connectivity index (χ3v) is 4.65. The van der Waals surface area contributed by atoms with Crippen LogP contribution < -0.4 is 0 Å². The summed E-state index contributed by atoms with van der Waals surface area (Å²) in [6, 6.07) is 1.82. The zero-order valence-corrected chi connectivity index (χ0v) is 11.7. The first-order valence-electron chi connectivity index (χ1n) is 6.33. The van der Waals surface area contributed by atoms with E-state index in [1.165, 1.54) is 0 Å². The summed E-state index contributed by atoms with van der Waals surface area (Å²) < 4.78 is 17.1. The van der Waals surface area contributed by atoms with Crippen molar-refractivity contribution in [2.24, 2.45) is 5.92 Å². The molecule has 100 valence electrons. The molecule has 5 heteroatoms. The van der Waals surface area contributed by atoms with Crippen molar-refractivity contribution in [1.29, 1.82) is 0 Å². The minimum absolute atomic E-state index is 0.167. The van der Waals surface area contributed by atoms with Gasteiger partial charge in [0.15, 0.2) is 4.67 Å². The molecule has 2 fully saturated rings. The van der Waals surface area contributed by atoms with E-state index in [-0.39, 0.29) is 11.5 Å². The van der Waals surface area contributed by atoms with Gasteiger partial charge in [0, 0.05) is 25.2 Å². The van der Waals surface area contributed by atoms with E-state index in [9.17, 15) is 5.11 Å². The van der Waals surface area contributed by atoms with Gasteiger partial charge < -0.3 is 19.0 Å². The summed E-state index contributed by atoms with van der Waals surface area (Å²) in [7, 11) is 0. The van der Waals surface area contributed by atoms with E-state index in [1.807, 2.05) is 6.07 Å². The highest BCUT2D eigenvalue weighted by molar-refractivity contribution is 9.10. The SMILES string of the molecule is OC(c1ccoc1Br)C1CCOC2(CCOC2)C1. The molecule has 0 radical (unpaired) electrons. The third kappa shape index (κ3) is 2.25. The molecule has 4 nitrogen and oxygen atoms in total. The number of halogens is 1. The maximum atomic E-state index is 10.5. The Kier molecular flexibility index (Phi) is 3.49. The Morgan fingerprint density at radius 3 is 3.00 bits per heavy atom. The molecule has 2 aliphatic heterocycles. The van der Waals surface area contributed by atoms with E-state index in [0.717, 1.165) is 31.4 Å². The molecule has 18 heavy (non-hydrogen) atoms. The summed E-state index contributed by atoms with van der Waals surface area (Å²) in [4.78, 5) is 0. The van der Waals surface area contributed by atoms with Crippen molar-refractivity contribution in [3.8, 4) is 0 Å². The zero-order valence-electron chi connectivity index (χ0n) is 10.1. The quantitative estimate of drug-likeness (QED) is 0.911. The Bertz CT molecular complexity index is 411. The van der Waals surface area contributed by atoms with Crippen LogP contribution in [0.5, 0.6) is 0 Å². The Balaban J connectivity index is 1.74. The topological polar surface area (TPSA) is 51.8 Å². The lowest BCUT2D eigenvalue weighted by Crippen LogP contribution is -2.41. The van der Waals surface area contributed by atoms with Crippen molar-refractivity contribution in [2.75, 3.05) is 19.8 Å². The minimum atomic E-state index is -0.500. The second-order valence-corrected chi connectivity index (χ2v) is 5.90. The number of ether oxygens (including phenoxy) is 2. The van der Waals surface area contributed by atoms with Crippen LogP contribution in [0.2, 0.25) is 0 Å². The summed E-state index contributed by atoms with van der Waals surface area (Å²) in [6.07, 6.45) is 3.76. The van der Waals surface area contributed by atoms with Gasteiger partial charge in [-0.2, -0.15) is 0 Å². The highest BCUT2D eigenvalue weighted by Crippen LogP contribution is 2.42. The predicted octanol–water partition coefficient (Wildman–Crippen LogP) is 2.66. The Labute approximate surface area is 114 Å². The van der Waals surface area contributed by atoms with E-state index in [2.05, 4.69) is 15.9 Å². The van der Waals surface area contributed by atoms with Gasteiger partial charge in [0.2, 0.25) is 0 Å². The molecule has 1 N–H and O–H groups in total. The third-order valence-electron chi connectivity index (χ3n) is 4.01. The summed E-state index contributed by atoms with van der Waals surface area (Å²) in [5.74, 6) is 0.203. The fraction of sp³-hybridized carbons (Fsp3) is 0.692. The van der Waals surface area contributed by atoms with Crippen LogP contribution in [0.25, 0.3) is 0 Å². The van der Waals surface area contributed by atoms with Gasteiger partial charge in [0.1, 0.15) is 0 Å². The van der Waals surface area contributed by atoms with Gasteiger partial charge >= 0.3 is 0 Å². The van der Waals surface area contributed by atoms with E-state index >= 15 is 0 Å². The molecule has 3 rings (SSSR count). The molecule has 2 saturated heterocycles. The first-order chi connectivity index (χ1) is 8.70. The zero-order chi connectivity index (χ0) is 12.6. The Hall–Kier alpha value is -0.360. The molecule has 0 aliphatic carbocycles. The van der Waals surface area contributed by atoms with Gasteiger partial charge in [-0.05, 0) is 40.8 Å². The number of rotatable bonds is 2. The predicted molar refractivity (Wildman–Crippen MR) is 68.2 cm³/mol. The van der Waals surface area contributed by atoms with Crippen LogP contribution in [-0.2, 0) is 9.47 Å². The lowest BCUT2D eigenvalue weighted by Gasteiger charge is -2.38. The summed E-state index contributed by atoms with van der Waals surface area (Å²) in [5, 5.41) is 10.5. The highest BCUT2D eigenvalue weighted by Gasteiger charge is 2.43. The average Bonchev–Trinajstić information content (AvgIpc) is 2.98. The molecule has 0 bridgehead atoms. The molecule has 2 aliphatic rings. The van der Waals surface area contributed by atoms with Crippen molar-refractivity contribution in [3.05, 3.63) is 22.6 Å². The second kappa shape index (κ2) is 4.96. The average molecular weight is 317 g/mol.